The Hall–Kier alpha value is -3.73. The summed E-state index contributed by atoms with van der Waals surface area (Å²) in [6.45, 7) is 2.67. The first-order valence-electron chi connectivity index (χ1n) is 19.1. The van der Waals surface area contributed by atoms with Gasteiger partial charge in [0.15, 0.2) is 10.6 Å². The van der Waals surface area contributed by atoms with Gasteiger partial charge in [-0.3, -0.25) is 0 Å². The fourth-order valence-electron chi connectivity index (χ4n) is 9.88. The molecule has 1 aromatic heterocycles. The Balaban J connectivity index is 0.900. The van der Waals surface area contributed by atoms with Crippen LogP contribution in [0.25, 0.3) is 21.3 Å². The number of nitrogens with one attached hydrogen (secondary N) is 2. The van der Waals surface area contributed by atoms with E-state index in [0.29, 0.717) is 6.54 Å². The van der Waals surface area contributed by atoms with Gasteiger partial charge in [-0.05, 0) is 96.2 Å². The minimum atomic E-state index is -0.547. The molecule has 7 nitrogen and oxygen atoms in total. The highest BCUT2D eigenvalue weighted by molar-refractivity contribution is 8.01. The quantitative estimate of drug-likeness (QED) is 0.123. The predicted octanol–water partition coefficient (Wildman–Crippen LogP) is 9.81. The van der Waals surface area contributed by atoms with Gasteiger partial charge in [-0.25, -0.2) is 9.78 Å². The number of aliphatic hydroxyl groups excluding tert-OH is 1. The van der Waals surface area contributed by atoms with E-state index in [1.54, 1.807) is 23.1 Å². The minimum Gasteiger partial charge on any atom is -0.392 e. The van der Waals surface area contributed by atoms with Crippen molar-refractivity contribution in [3.63, 3.8) is 0 Å². The third-order valence-corrected chi connectivity index (χ3v) is 14.4. The average molecular weight is 746 g/mol. The largest absolute Gasteiger partial charge is 0.392 e. The van der Waals surface area contributed by atoms with Gasteiger partial charge < -0.3 is 25.2 Å². The lowest BCUT2D eigenvalue weighted by atomic mass is 9.53. The molecule has 10 rings (SSSR count). The fraction of sp³-hybridized carbons (Fsp3) is 0.409. The first-order valence-corrected chi connectivity index (χ1v) is 20.9. The maximum Gasteiger partial charge on any atom is 0.315 e. The van der Waals surface area contributed by atoms with E-state index in [1.165, 1.54) is 24.0 Å². The second-order valence-electron chi connectivity index (χ2n) is 15.9. The van der Waals surface area contributed by atoms with Crippen molar-refractivity contribution in [1.82, 2.24) is 15.6 Å². The lowest BCUT2D eigenvalue weighted by Crippen LogP contribution is -2.61. The molecule has 0 unspecified atom stereocenters. The highest BCUT2D eigenvalue weighted by atomic mass is 32.2. The molecule has 3 N–H and O–H groups in total. The van der Waals surface area contributed by atoms with Crippen molar-refractivity contribution in [2.45, 2.75) is 87.0 Å². The Morgan fingerprint density at radius 1 is 0.868 bits per heavy atom. The Morgan fingerprint density at radius 2 is 1.55 bits per heavy atom. The van der Waals surface area contributed by atoms with Gasteiger partial charge in [0.05, 0.1) is 29.0 Å². The molecule has 2 heterocycles. The monoisotopic (exact) mass is 745 g/mol. The number of para-hydroxylation sites is 1. The third-order valence-electron chi connectivity index (χ3n) is 12.1. The molecule has 5 aromatic rings. The molecule has 4 aliphatic carbocycles. The average Bonchev–Trinajstić information content (AvgIpc) is 3.59. The van der Waals surface area contributed by atoms with Crippen LogP contribution < -0.4 is 10.6 Å². The molecule has 0 spiro atoms. The molecule has 4 saturated carbocycles. The van der Waals surface area contributed by atoms with Crippen LogP contribution >= 0.6 is 23.1 Å². The lowest BCUT2D eigenvalue weighted by Gasteiger charge is -2.56. The number of rotatable bonds is 10. The lowest BCUT2D eigenvalue weighted by molar-refractivity contribution is -0.268. The molecular formula is C44H47N3O4S2. The number of nitrogens with zero attached hydrogens (tertiary/aromatic N) is 1. The van der Waals surface area contributed by atoms with Crippen molar-refractivity contribution < 1.29 is 19.4 Å². The molecule has 0 radical (unpaired) electrons. The summed E-state index contributed by atoms with van der Waals surface area (Å²) in [5, 5.41) is 16.3. The second kappa shape index (κ2) is 14.8. The molecule has 1 aliphatic heterocycles. The minimum absolute atomic E-state index is 0.00903. The predicted molar refractivity (Wildman–Crippen MR) is 211 cm³/mol. The van der Waals surface area contributed by atoms with Crippen molar-refractivity contribution >= 4 is 39.3 Å². The molecule has 2 amide bonds. The molecule has 274 valence electrons. The van der Waals surface area contributed by atoms with Crippen LogP contribution in [0.3, 0.4) is 0 Å². The zero-order valence-corrected chi connectivity index (χ0v) is 31.7. The van der Waals surface area contributed by atoms with Crippen molar-refractivity contribution in [2.24, 2.45) is 23.7 Å². The van der Waals surface area contributed by atoms with Crippen LogP contribution in [-0.4, -0.2) is 33.5 Å². The van der Waals surface area contributed by atoms with Crippen molar-refractivity contribution in [3.05, 3.63) is 119 Å². The summed E-state index contributed by atoms with van der Waals surface area (Å²) in [6, 6.07) is 33.0. The molecule has 53 heavy (non-hydrogen) atoms. The zero-order chi connectivity index (χ0) is 35.9. The van der Waals surface area contributed by atoms with Crippen molar-refractivity contribution in [2.75, 3.05) is 5.75 Å². The van der Waals surface area contributed by atoms with E-state index >= 15 is 0 Å². The molecule has 1 saturated heterocycles. The van der Waals surface area contributed by atoms with E-state index in [1.807, 2.05) is 24.3 Å². The number of thioether (sulfide) groups is 1. The number of aliphatic hydroxyl groups is 1. The Labute approximate surface area is 319 Å². The molecule has 5 aliphatic rings. The van der Waals surface area contributed by atoms with E-state index in [2.05, 4.69) is 90.4 Å². The van der Waals surface area contributed by atoms with Gasteiger partial charge in [-0.15, -0.1) is 11.3 Å². The number of ether oxygens (including phenoxy) is 2. The summed E-state index contributed by atoms with van der Waals surface area (Å²) in [5.74, 6) is 3.21. The summed E-state index contributed by atoms with van der Waals surface area (Å²) in [4.78, 5) is 18.1. The Bertz CT molecular complexity index is 2000. The van der Waals surface area contributed by atoms with Gasteiger partial charge in [0, 0.05) is 29.3 Å². The van der Waals surface area contributed by atoms with Gasteiger partial charge >= 0.3 is 6.03 Å². The van der Waals surface area contributed by atoms with Crippen LogP contribution in [0.5, 0.6) is 0 Å². The number of benzene rings is 4. The molecular weight excluding hydrogens is 699 g/mol. The number of hydrogen-bond acceptors (Lipinski definition) is 7. The van der Waals surface area contributed by atoms with E-state index < -0.39 is 6.29 Å². The topological polar surface area (TPSA) is 92.7 Å². The highest BCUT2D eigenvalue weighted by Gasteiger charge is 2.51. The van der Waals surface area contributed by atoms with E-state index in [-0.39, 0.29) is 36.3 Å². The first kappa shape index (κ1) is 35.0. The summed E-state index contributed by atoms with van der Waals surface area (Å²) in [5.41, 5.74) is 7.18. The van der Waals surface area contributed by atoms with Crippen LogP contribution in [0.2, 0.25) is 0 Å². The SMILES string of the molecule is C[C@@H]1[C@H](CSc2nc3ccccc3s2)O[C@H](c2ccc(-c3ccccc3CNC(=O)NC34CC5CC(CC(C5)C3)C4)cc2)O[C@@H]1c1ccc(CO)cc1. The number of carbonyl (C=O) groups is 1. The van der Waals surface area contributed by atoms with Crippen LogP contribution in [0.15, 0.2) is 101 Å². The zero-order valence-electron chi connectivity index (χ0n) is 30.1. The number of amides is 2. The summed E-state index contributed by atoms with van der Waals surface area (Å²) in [6.07, 6.45) is 6.69. The Morgan fingerprint density at radius 3 is 2.26 bits per heavy atom. The van der Waals surface area contributed by atoms with Gasteiger partial charge in [-0.2, -0.15) is 0 Å². The van der Waals surface area contributed by atoms with Crippen LogP contribution in [0, 0.1) is 23.7 Å². The van der Waals surface area contributed by atoms with Gasteiger partial charge in [0.25, 0.3) is 0 Å². The summed E-state index contributed by atoms with van der Waals surface area (Å²) in [7, 11) is 0. The number of fused-ring (bicyclic) bond motifs is 1. The maximum absolute atomic E-state index is 13.3. The number of aromatic nitrogens is 1. The van der Waals surface area contributed by atoms with Crippen molar-refractivity contribution in [1.29, 1.82) is 0 Å². The molecule has 4 atom stereocenters. The summed E-state index contributed by atoms with van der Waals surface area (Å²) >= 11 is 3.46. The van der Waals surface area contributed by atoms with Crippen molar-refractivity contribution in [3.8, 4) is 11.1 Å². The van der Waals surface area contributed by atoms with Crippen LogP contribution in [-0.2, 0) is 22.6 Å². The van der Waals surface area contributed by atoms with Gasteiger partial charge in [0.2, 0.25) is 0 Å². The third kappa shape index (κ3) is 7.39. The van der Waals surface area contributed by atoms with Gasteiger partial charge in [-0.1, -0.05) is 104 Å². The number of thiazole rings is 1. The standard InChI is InChI=1S/C44H47N3O4S2/c1-27-38(26-52-43-46-37-8-4-5-9-39(37)53-43)50-41(51-40(27)33-12-10-28(25-48)11-13-33)34-16-14-32(15-17-34)36-7-3-2-6-35(36)24-45-42(49)47-44-21-29-18-30(22-44)20-31(19-29)23-44/h2-17,27,29-31,38,40-41,48H,18-26H2,1H3,(H2,45,47,49)/t27-,29?,30?,31?,38+,40+,41+,44?/m1/s1. The molecule has 4 bridgehead atoms. The normalized spacial score (nSPS) is 29.0. The Kier molecular flexibility index (Phi) is 9.80. The fourth-order valence-corrected chi connectivity index (χ4v) is 12.1. The summed E-state index contributed by atoms with van der Waals surface area (Å²) < 4.78 is 15.7. The van der Waals surface area contributed by atoms with E-state index in [0.717, 1.165) is 86.0 Å². The second-order valence-corrected chi connectivity index (χ2v) is 18.2. The molecule has 9 heteroatoms. The van der Waals surface area contributed by atoms with E-state index in [4.69, 9.17) is 14.5 Å². The maximum atomic E-state index is 13.3. The first-order chi connectivity index (χ1) is 25.9. The smallest absolute Gasteiger partial charge is 0.315 e. The number of urea groups is 1. The van der Waals surface area contributed by atoms with Crippen LogP contribution in [0.4, 0.5) is 4.79 Å². The molecule has 4 aromatic carbocycles. The van der Waals surface area contributed by atoms with Crippen LogP contribution in [0.1, 0.15) is 80.1 Å². The highest BCUT2D eigenvalue weighted by Crippen LogP contribution is 2.55. The number of hydrogen-bond donors (Lipinski definition) is 3. The van der Waals surface area contributed by atoms with Gasteiger partial charge in [0.1, 0.15) is 0 Å². The molecule has 5 fully saturated rings. The van der Waals surface area contributed by atoms with E-state index in [9.17, 15) is 9.90 Å². The number of carbonyl (C=O) groups excluding carboxylic acids is 1.